The third-order valence-electron chi connectivity index (χ3n) is 11.0. The van der Waals surface area contributed by atoms with Gasteiger partial charge >= 0.3 is 5.97 Å². The topological polar surface area (TPSA) is 187 Å². The summed E-state index contributed by atoms with van der Waals surface area (Å²) in [7, 11) is 0. The zero-order chi connectivity index (χ0) is 40.1. The highest BCUT2D eigenvalue weighted by molar-refractivity contribution is 7.16. The number of aromatic nitrogens is 7. The van der Waals surface area contributed by atoms with Gasteiger partial charge in [-0.2, -0.15) is 10.2 Å². The van der Waals surface area contributed by atoms with E-state index in [9.17, 15) is 10.1 Å². The molecule has 4 aromatic heterocycles. The first kappa shape index (κ1) is 39.8. The third kappa shape index (κ3) is 8.79. The fourth-order valence-corrected chi connectivity index (χ4v) is 9.23. The van der Waals surface area contributed by atoms with E-state index in [0.717, 1.165) is 80.7 Å². The molecule has 0 spiro atoms. The van der Waals surface area contributed by atoms with Crippen molar-refractivity contribution in [1.29, 1.82) is 5.26 Å². The molecule has 1 aromatic carbocycles. The Hall–Kier alpha value is -5.40. The molecule has 4 atom stereocenters. The van der Waals surface area contributed by atoms with Crippen LogP contribution < -0.4 is 15.4 Å². The van der Waals surface area contributed by atoms with E-state index >= 15 is 0 Å². The van der Waals surface area contributed by atoms with Crippen LogP contribution in [0.15, 0.2) is 53.3 Å². The molecule has 2 N–H and O–H groups in total. The highest BCUT2D eigenvalue weighted by Crippen LogP contribution is 2.48. The molecule has 5 aromatic rings. The van der Waals surface area contributed by atoms with E-state index in [2.05, 4.69) is 50.2 Å². The first-order valence-corrected chi connectivity index (χ1v) is 20.6. The highest BCUT2D eigenvalue weighted by Gasteiger charge is 2.43. The normalized spacial score (nSPS) is 19.7. The Bertz CT molecular complexity index is 2180. The summed E-state index contributed by atoms with van der Waals surface area (Å²) in [5, 5.41) is 23.2. The lowest BCUT2D eigenvalue weighted by Gasteiger charge is -2.30. The number of anilines is 2. The molecular formula is C41H51N11O4S. The van der Waals surface area contributed by atoms with Crippen LogP contribution in [0.4, 0.5) is 10.9 Å². The molecule has 16 heteroatoms. The smallest absolute Gasteiger partial charge is 0.331 e. The molecule has 0 saturated carbocycles. The number of esters is 1. The van der Waals surface area contributed by atoms with E-state index in [1.807, 2.05) is 51.1 Å². The number of carbonyl (C=O) groups excluding carboxylic acids is 1. The van der Waals surface area contributed by atoms with E-state index in [1.165, 1.54) is 11.3 Å². The predicted octanol–water partition coefficient (Wildman–Crippen LogP) is 6.36. The molecule has 2 aliphatic rings. The van der Waals surface area contributed by atoms with Crippen LogP contribution in [0, 0.1) is 17.2 Å². The molecule has 15 nitrogen and oxygen atoms in total. The molecule has 1 saturated heterocycles. The third-order valence-corrected chi connectivity index (χ3v) is 12.1. The summed E-state index contributed by atoms with van der Waals surface area (Å²) < 4.78 is 19.2. The van der Waals surface area contributed by atoms with Gasteiger partial charge in [-0.3, -0.25) is 0 Å². The van der Waals surface area contributed by atoms with Crippen molar-refractivity contribution in [2.24, 2.45) is 5.92 Å². The first-order chi connectivity index (χ1) is 27.5. The van der Waals surface area contributed by atoms with Gasteiger partial charge in [-0.25, -0.2) is 19.4 Å². The Balaban J connectivity index is 0.913. The fourth-order valence-electron chi connectivity index (χ4n) is 8.04. The van der Waals surface area contributed by atoms with Crippen LogP contribution in [-0.4, -0.2) is 84.3 Å². The Kier molecular flexibility index (Phi) is 12.2. The van der Waals surface area contributed by atoms with Gasteiger partial charge in [-0.1, -0.05) is 59.6 Å². The van der Waals surface area contributed by atoms with Crippen LogP contribution in [-0.2, 0) is 28.0 Å². The Morgan fingerprint density at radius 3 is 2.77 bits per heavy atom. The predicted molar refractivity (Wildman–Crippen MR) is 215 cm³/mol. The molecule has 0 amide bonds. The van der Waals surface area contributed by atoms with Crippen LogP contribution in [0.5, 0.6) is 5.88 Å². The van der Waals surface area contributed by atoms with Crippen LogP contribution in [0.3, 0.4) is 0 Å². The molecule has 57 heavy (non-hydrogen) atoms. The van der Waals surface area contributed by atoms with E-state index in [0.29, 0.717) is 39.8 Å². The minimum absolute atomic E-state index is 0.0479. The number of nitriles is 1. The standard InChI is InChI=1S/C41H51N11O4S/c1-26(2)35(38(53)54-25-29-13-7-6-8-14-29)52-24-33(47-49-52)55-28(4)12-10-19-50-20-11-21-51(27(3)23-50)40-44-18-16-31(45-40)37-46-39(56-48-37)41(5)17-9-15-32-34(41)30(22-42)36(43)57-32/h6-8,13-14,16,18,24,26-28,35H,9-12,15,17,19-21,23,25,43H2,1-5H3/t27-,28?,35-,41-/m0/s1. The molecule has 1 unspecified atom stereocenters. The van der Waals surface area contributed by atoms with E-state index < -0.39 is 11.5 Å². The second kappa shape index (κ2) is 17.4. The Labute approximate surface area is 337 Å². The summed E-state index contributed by atoms with van der Waals surface area (Å²) in [4.78, 5) is 33.3. The largest absolute Gasteiger partial charge is 0.472 e. The Morgan fingerprint density at radius 1 is 1.16 bits per heavy atom. The van der Waals surface area contributed by atoms with Gasteiger partial charge in [-0.05, 0) is 89.9 Å². The number of hydrogen-bond donors (Lipinski definition) is 1. The van der Waals surface area contributed by atoms with Crippen molar-refractivity contribution in [3.8, 4) is 23.5 Å². The van der Waals surface area contributed by atoms with Crippen molar-refractivity contribution in [1.82, 2.24) is 40.0 Å². The van der Waals surface area contributed by atoms with Gasteiger partial charge in [0.1, 0.15) is 23.4 Å². The number of carbonyl (C=O) groups is 1. The zero-order valence-corrected chi connectivity index (χ0v) is 34.1. The second-order valence-corrected chi connectivity index (χ2v) is 16.8. The second-order valence-electron chi connectivity index (χ2n) is 15.7. The zero-order valence-electron chi connectivity index (χ0n) is 33.3. The average Bonchev–Trinajstić information content (AvgIpc) is 3.93. The van der Waals surface area contributed by atoms with Gasteiger partial charge in [0.25, 0.3) is 5.88 Å². The highest BCUT2D eigenvalue weighted by atomic mass is 32.1. The number of nitrogens with zero attached hydrogens (tertiary/aromatic N) is 10. The monoisotopic (exact) mass is 793 g/mol. The Morgan fingerprint density at radius 2 is 1.98 bits per heavy atom. The van der Waals surface area contributed by atoms with E-state index in [1.54, 1.807) is 23.1 Å². The molecular weight excluding hydrogens is 743 g/mol. The molecule has 5 heterocycles. The summed E-state index contributed by atoms with van der Waals surface area (Å²) in [6.45, 7) is 14.0. The number of fused-ring (bicyclic) bond motifs is 1. The summed E-state index contributed by atoms with van der Waals surface area (Å²) in [6, 6.07) is 13.3. The summed E-state index contributed by atoms with van der Waals surface area (Å²) in [6.07, 6.45) is 8.72. The lowest BCUT2D eigenvalue weighted by atomic mass is 9.72. The van der Waals surface area contributed by atoms with E-state index in [-0.39, 0.29) is 30.6 Å². The van der Waals surface area contributed by atoms with Crippen molar-refractivity contribution in [3.05, 3.63) is 76.3 Å². The maximum absolute atomic E-state index is 13.0. The molecule has 0 bridgehead atoms. The maximum Gasteiger partial charge on any atom is 0.331 e. The number of aryl methyl sites for hydroxylation is 1. The van der Waals surface area contributed by atoms with Crippen molar-refractivity contribution < 1.29 is 18.8 Å². The van der Waals surface area contributed by atoms with E-state index in [4.69, 9.17) is 29.7 Å². The van der Waals surface area contributed by atoms with Gasteiger partial charge in [-0.15, -0.1) is 11.3 Å². The van der Waals surface area contributed by atoms with Gasteiger partial charge in [0, 0.05) is 35.8 Å². The number of hydrogen-bond acceptors (Lipinski definition) is 15. The summed E-state index contributed by atoms with van der Waals surface area (Å²) in [5.74, 6) is 1.49. The van der Waals surface area contributed by atoms with Gasteiger partial charge in [0.15, 0.2) is 6.04 Å². The number of nitrogens with two attached hydrogens (primary N) is 1. The number of ether oxygens (including phenoxy) is 2. The fraction of sp³-hybridized carbons (Fsp3) is 0.512. The lowest BCUT2D eigenvalue weighted by Crippen LogP contribution is -2.40. The van der Waals surface area contributed by atoms with Gasteiger partial charge in [0.05, 0.1) is 23.3 Å². The van der Waals surface area contributed by atoms with Crippen LogP contribution in [0.2, 0.25) is 0 Å². The average molecular weight is 794 g/mol. The van der Waals surface area contributed by atoms with Crippen LogP contribution in [0.1, 0.15) is 100 Å². The number of nitrogen functional groups attached to an aromatic ring is 1. The number of thiophene rings is 1. The molecule has 1 fully saturated rings. The number of benzene rings is 1. The molecule has 0 radical (unpaired) electrons. The quantitative estimate of drug-likeness (QED) is 0.122. The van der Waals surface area contributed by atoms with Crippen molar-refractivity contribution in [2.75, 3.05) is 36.8 Å². The SMILES string of the molecule is CC(CCCN1CCCN(c2nccc(-c3noc([C@@]4(C)CCCc5sc(N)c(C#N)c54)n3)n2)[C@@H](C)C1)Oc1cn([C@H](C(=O)OCc2ccccc2)C(C)C)nn1. The first-order valence-electron chi connectivity index (χ1n) is 19.8. The molecule has 1 aliphatic carbocycles. The molecule has 300 valence electrons. The summed E-state index contributed by atoms with van der Waals surface area (Å²) >= 11 is 1.48. The minimum Gasteiger partial charge on any atom is -0.472 e. The van der Waals surface area contributed by atoms with Gasteiger partial charge < -0.3 is 29.5 Å². The molecule has 1 aliphatic heterocycles. The minimum atomic E-state index is -0.608. The van der Waals surface area contributed by atoms with Crippen LogP contribution in [0.25, 0.3) is 11.5 Å². The van der Waals surface area contributed by atoms with Crippen molar-refractivity contribution in [2.45, 2.75) is 103 Å². The van der Waals surface area contributed by atoms with Crippen molar-refractivity contribution >= 4 is 28.3 Å². The summed E-state index contributed by atoms with van der Waals surface area (Å²) in [5.41, 5.74) is 8.59. The van der Waals surface area contributed by atoms with Gasteiger partial charge in [0.2, 0.25) is 17.7 Å². The number of rotatable bonds is 14. The lowest BCUT2D eigenvalue weighted by molar-refractivity contribution is -0.151. The maximum atomic E-state index is 13.0. The molecule has 7 rings (SSSR count). The van der Waals surface area contributed by atoms with Crippen molar-refractivity contribution in [3.63, 3.8) is 0 Å². The van der Waals surface area contributed by atoms with Crippen LogP contribution >= 0.6 is 11.3 Å².